The number of anilines is 2. The van der Waals surface area contributed by atoms with E-state index in [0.29, 0.717) is 30.5 Å². The predicted molar refractivity (Wildman–Crippen MR) is 92.6 cm³/mol. The van der Waals surface area contributed by atoms with Gasteiger partial charge in [0.05, 0.1) is 17.6 Å². The number of piperidine rings is 1. The fraction of sp³-hybridized carbons (Fsp3) is 0.533. The van der Waals surface area contributed by atoms with Crippen LogP contribution in [0.1, 0.15) is 37.1 Å². The summed E-state index contributed by atoms with van der Waals surface area (Å²) in [5, 5.41) is 13.7. The van der Waals surface area contributed by atoms with Crippen molar-refractivity contribution in [3.05, 3.63) is 23.0 Å². The normalized spacial score (nSPS) is 18.0. The number of carbonyl (C=O) groups excluding carboxylic acids is 1. The minimum Gasteiger partial charge on any atom is -0.347 e. The van der Waals surface area contributed by atoms with Crippen LogP contribution < -0.4 is 15.5 Å². The number of thiazole rings is 1. The zero-order chi connectivity index (χ0) is 18.7. The highest BCUT2D eigenvalue weighted by Gasteiger charge is 2.35. The van der Waals surface area contributed by atoms with Crippen molar-refractivity contribution in [2.24, 2.45) is 0 Å². The van der Waals surface area contributed by atoms with E-state index in [-0.39, 0.29) is 11.9 Å². The van der Waals surface area contributed by atoms with E-state index in [1.165, 1.54) is 6.20 Å². The Labute approximate surface area is 152 Å². The summed E-state index contributed by atoms with van der Waals surface area (Å²) in [7, 11) is 0. The lowest BCUT2D eigenvalue weighted by Crippen LogP contribution is -2.35. The lowest BCUT2D eigenvalue weighted by atomic mass is 9.94. The number of nitrogens with one attached hydrogen (secondary N) is 3. The highest BCUT2D eigenvalue weighted by Crippen LogP contribution is 2.36. The first-order valence-electron chi connectivity index (χ1n) is 8.24. The molecule has 0 saturated carbocycles. The molecule has 0 unspecified atom stereocenters. The van der Waals surface area contributed by atoms with Crippen LogP contribution in [0.2, 0.25) is 0 Å². The summed E-state index contributed by atoms with van der Waals surface area (Å²) in [4.78, 5) is 17.3. The molecule has 142 valence electrons. The van der Waals surface area contributed by atoms with Crippen molar-refractivity contribution < 1.29 is 18.0 Å². The van der Waals surface area contributed by atoms with Gasteiger partial charge in [0, 0.05) is 30.9 Å². The quantitative estimate of drug-likeness (QED) is 0.749. The maximum atomic E-state index is 12.8. The highest BCUT2D eigenvalue weighted by atomic mass is 32.1. The third kappa shape index (κ3) is 4.09. The number of amides is 2. The Balaban J connectivity index is 1.72. The van der Waals surface area contributed by atoms with Crippen LogP contribution in [0.4, 0.5) is 28.8 Å². The van der Waals surface area contributed by atoms with Crippen LogP contribution in [-0.4, -0.2) is 40.8 Å². The van der Waals surface area contributed by atoms with Gasteiger partial charge in [0.15, 0.2) is 10.8 Å². The molecule has 3 rings (SSSR count). The average molecular weight is 388 g/mol. The van der Waals surface area contributed by atoms with Crippen molar-refractivity contribution in [2.45, 2.75) is 31.9 Å². The van der Waals surface area contributed by atoms with Gasteiger partial charge in [-0.1, -0.05) is 0 Å². The molecule has 1 aliphatic rings. The van der Waals surface area contributed by atoms with Crippen molar-refractivity contribution in [3.8, 4) is 0 Å². The Kier molecular flexibility index (Phi) is 5.35. The summed E-state index contributed by atoms with van der Waals surface area (Å²) in [5.41, 5.74) is 0.492. The molecule has 2 aromatic heterocycles. The van der Waals surface area contributed by atoms with E-state index in [0.717, 1.165) is 35.3 Å². The first kappa shape index (κ1) is 18.5. The van der Waals surface area contributed by atoms with Crippen LogP contribution in [0, 0.1) is 0 Å². The second kappa shape index (κ2) is 7.52. The number of carbonyl (C=O) groups is 1. The number of halogens is 3. The maximum absolute atomic E-state index is 12.8. The Morgan fingerprint density at radius 1 is 1.50 bits per heavy atom. The molecule has 1 saturated heterocycles. The van der Waals surface area contributed by atoms with Crippen molar-refractivity contribution in [2.75, 3.05) is 29.9 Å². The van der Waals surface area contributed by atoms with Crippen LogP contribution in [-0.2, 0) is 6.18 Å². The van der Waals surface area contributed by atoms with Gasteiger partial charge in [-0.2, -0.15) is 18.3 Å². The lowest BCUT2D eigenvalue weighted by molar-refractivity contribution is -0.140. The predicted octanol–water partition coefficient (Wildman–Crippen LogP) is 3.41. The molecule has 0 aliphatic carbocycles. The van der Waals surface area contributed by atoms with Gasteiger partial charge in [-0.25, -0.2) is 9.78 Å². The van der Waals surface area contributed by atoms with Crippen molar-refractivity contribution in [1.82, 2.24) is 20.5 Å². The third-order valence-corrected chi connectivity index (χ3v) is 5.04. The van der Waals surface area contributed by atoms with E-state index in [1.54, 1.807) is 0 Å². The Morgan fingerprint density at radius 3 is 3.00 bits per heavy atom. The summed E-state index contributed by atoms with van der Waals surface area (Å²) in [6, 6.07) is -0.322. The van der Waals surface area contributed by atoms with Crippen LogP contribution in [0.3, 0.4) is 0 Å². The van der Waals surface area contributed by atoms with Gasteiger partial charge in [-0.15, -0.1) is 11.3 Å². The zero-order valence-corrected chi connectivity index (χ0v) is 14.9. The topological polar surface area (TPSA) is 85.9 Å². The summed E-state index contributed by atoms with van der Waals surface area (Å²) < 4.78 is 38.3. The van der Waals surface area contributed by atoms with Gasteiger partial charge in [-0.3, -0.25) is 5.10 Å². The summed E-state index contributed by atoms with van der Waals surface area (Å²) in [6.45, 7) is 3.48. The number of urea groups is 1. The van der Waals surface area contributed by atoms with Gasteiger partial charge in [-0.05, 0) is 19.8 Å². The monoisotopic (exact) mass is 388 g/mol. The first-order chi connectivity index (χ1) is 12.4. The Morgan fingerprint density at radius 2 is 2.31 bits per heavy atom. The van der Waals surface area contributed by atoms with Crippen LogP contribution in [0.15, 0.2) is 11.6 Å². The molecule has 2 aromatic rings. The summed E-state index contributed by atoms with van der Waals surface area (Å²) >= 11 is 0.993. The molecular weight excluding hydrogens is 369 g/mol. The molecule has 3 heterocycles. The Hall–Kier alpha value is -2.30. The van der Waals surface area contributed by atoms with Gasteiger partial charge in [0.1, 0.15) is 0 Å². The maximum Gasteiger partial charge on any atom is 0.434 e. The summed E-state index contributed by atoms with van der Waals surface area (Å²) in [5.74, 6) is 0.0152. The molecule has 26 heavy (non-hydrogen) atoms. The van der Waals surface area contributed by atoms with Crippen molar-refractivity contribution >= 4 is 28.2 Å². The fourth-order valence-corrected chi connectivity index (χ4v) is 3.83. The second-order valence-electron chi connectivity index (χ2n) is 5.98. The standard InChI is InChI=1S/C15H19F3N6OS/c1-2-19-13(25)21-10-6-20-23-12(10)9-4-3-5-24(7-9)14-22-11(8-26-14)15(16,17)18/h6,8-9H,2-5,7H2,1H3,(H,20,23)(H2,19,21,25)/t9-/m1/s1. The Bertz CT molecular complexity index is 759. The smallest absolute Gasteiger partial charge is 0.347 e. The lowest BCUT2D eigenvalue weighted by Gasteiger charge is -2.32. The number of rotatable bonds is 4. The number of alkyl halides is 3. The van der Waals surface area contributed by atoms with E-state index in [2.05, 4.69) is 25.8 Å². The first-order valence-corrected chi connectivity index (χ1v) is 9.12. The molecular formula is C15H19F3N6OS. The van der Waals surface area contributed by atoms with Gasteiger partial charge >= 0.3 is 12.2 Å². The van der Waals surface area contributed by atoms with E-state index in [1.807, 2.05) is 11.8 Å². The number of aromatic amines is 1. The highest BCUT2D eigenvalue weighted by molar-refractivity contribution is 7.13. The molecule has 0 aromatic carbocycles. The molecule has 1 atom stereocenters. The fourth-order valence-electron chi connectivity index (χ4n) is 2.96. The third-order valence-electron chi connectivity index (χ3n) is 4.14. The molecule has 0 spiro atoms. The second-order valence-corrected chi connectivity index (χ2v) is 6.82. The molecule has 0 bridgehead atoms. The zero-order valence-electron chi connectivity index (χ0n) is 14.1. The van der Waals surface area contributed by atoms with Crippen LogP contribution in [0.5, 0.6) is 0 Å². The van der Waals surface area contributed by atoms with Crippen LogP contribution in [0.25, 0.3) is 0 Å². The number of aromatic nitrogens is 3. The van der Waals surface area contributed by atoms with Gasteiger partial charge in [0.2, 0.25) is 0 Å². The molecule has 11 heteroatoms. The minimum absolute atomic E-state index is 0.0152. The van der Waals surface area contributed by atoms with Crippen molar-refractivity contribution in [3.63, 3.8) is 0 Å². The van der Waals surface area contributed by atoms with E-state index in [9.17, 15) is 18.0 Å². The van der Waals surface area contributed by atoms with E-state index < -0.39 is 11.9 Å². The average Bonchev–Trinajstić information content (AvgIpc) is 3.24. The molecule has 1 fully saturated rings. The number of hydrogen-bond acceptors (Lipinski definition) is 5. The molecule has 2 amide bonds. The number of hydrogen-bond donors (Lipinski definition) is 3. The number of H-pyrrole nitrogens is 1. The number of nitrogens with zero attached hydrogens (tertiary/aromatic N) is 3. The van der Waals surface area contributed by atoms with Crippen molar-refractivity contribution in [1.29, 1.82) is 0 Å². The van der Waals surface area contributed by atoms with E-state index in [4.69, 9.17) is 0 Å². The molecule has 1 aliphatic heterocycles. The molecule has 7 nitrogen and oxygen atoms in total. The SMILES string of the molecule is CCNC(=O)Nc1cn[nH]c1[C@@H]1CCCN(c2nc(C(F)(F)F)cs2)C1. The largest absolute Gasteiger partial charge is 0.434 e. The van der Waals surface area contributed by atoms with E-state index >= 15 is 0 Å². The van der Waals surface area contributed by atoms with Crippen LogP contribution >= 0.6 is 11.3 Å². The van der Waals surface area contributed by atoms with Gasteiger partial charge < -0.3 is 15.5 Å². The molecule has 0 radical (unpaired) electrons. The van der Waals surface area contributed by atoms with Gasteiger partial charge in [0.25, 0.3) is 0 Å². The molecule has 3 N–H and O–H groups in total. The minimum atomic E-state index is -4.43. The summed E-state index contributed by atoms with van der Waals surface area (Å²) in [6.07, 6.45) is -1.24.